The molecule has 0 amide bonds. The first-order valence-electron chi connectivity index (χ1n) is 6.06. The van der Waals surface area contributed by atoms with Crippen molar-refractivity contribution in [2.75, 3.05) is 0 Å². The zero-order valence-electron chi connectivity index (χ0n) is 12.0. The summed E-state index contributed by atoms with van der Waals surface area (Å²) in [5.41, 5.74) is 0. The summed E-state index contributed by atoms with van der Waals surface area (Å²) in [5.74, 6) is 2.63. The highest BCUT2D eigenvalue weighted by molar-refractivity contribution is 4.63. The second-order valence-electron chi connectivity index (χ2n) is 4.38. The molecule has 0 nitrogen and oxygen atoms in total. The van der Waals surface area contributed by atoms with Gasteiger partial charge in [-0.05, 0) is 31.6 Å². The molecule has 15 heavy (non-hydrogen) atoms. The van der Waals surface area contributed by atoms with Crippen molar-refractivity contribution in [1.82, 2.24) is 0 Å². The minimum absolute atomic E-state index is 0.856. The van der Waals surface area contributed by atoms with Gasteiger partial charge in [-0.3, -0.25) is 0 Å². The second-order valence-corrected chi connectivity index (χ2v) is 4.38. The summed E-state index contributed by atoms with van der Waals surface area (Å²) in [7, 11) is 0. The van der Waals surface area contributed by atoms with Gasteiger partial charge in [0, 0.05) is 0 Å². The third-order valence-corrected chi connectivity index (χ3v) is 2.18. The predicted molar refractivity (Wildman–Crippen MR) is 75.2 cm³/mol. The maximum Gasteiger partial charge on any atom is -0.0371 e. The SMILES string of the molecule is C=CC.C=CC.CCC(C(C)C)C(C)C. The van der Waals surface area contributed by atoms with E-state index in [9.17, 15) is 0 Å². The molecule has 0 saturated carbocycles. The largest absolute Gasteiger partial charge is 0.103 e. The Morgan fingerprint density at radius 2 is 1.07 bits per heavy atom. The van der Waals surface area contributed by atoms with E-state index >= 15 is 0 Å². The molecule has 0 fully saturated rings. The van der Waals surface area contributed by atoms with E-state index < -0.39 is 0 Å². The van der Waals surface area contributed by atoms with E-state index in [1.807, 2.05) is 13.8 Å². The lowest BCUT2D eigenvalue weighted by Crippen LogP contribution is -2.13. The van der Waals surface area contributed by atoms with E-state index in [1.54, 1.807) is 12.2 Å². The van der Waals surface area contributed by atoms with E-state index in [4.69, 9.17) is 0 Å². The first kappa shape index (κ1) is 20.0. The molecule has 0 rings (SSSR count). The van der Waals surface area contributed by atoms with Crippen LogP contribution in [0.1, 0.15) is 54.9 Å². The fourth-order valence-corrected chi connectivity index (χ4v) is 1.71. The zero-order chi connectivity index (χ0) is 12.9. The van der Waals surface area contributed by atoms with Crippen LogP contribution in [-0.4, -0.2) is 0 Å². The van der Waals surface area contributed by atoms with Crippen LogP contribution in [0, 0.1) is 17.8 Å². The Balaban J connectivity index is -0.000000200. The molecule has 0 aliphatic carbocycles. The fraction of sp³-hybridized carbons (Fsp3) is 0.733. The third kappa shape index (κ3) is 19.8. The summed E-state index contributed by atoms with van der Waals surface area (Å²) >= 11 is 0. The summed E-state index contributed by atoms with van der Waals surface area (Å²) in [6.07, 6.45) is 4.83. The van der Waals surface area contributed by atoms with Crippen LogP contribution in [0.3, 0.4) is 0 Å². The summed E-state index contributed by atoms with van der Waals surface area (Å²) in [6.45, 7) is 22.0. The van der Waals surface area contributed by atoms with Gasteiger partial charge in [-0.1, -0.05) is 53.2 Å². The quantitative estimate of drug-likeness (QED) is 0.526. The standard InChI is InChI=1S/C9H20.2C3H6/c1-6-9(7(2)3)8(4)5;2*1-3-2/h7-9H,6H2,1-5H3;2*3H,1H2,2H3. The lowest BCUT2D eigenvalue weighted by Gasteiger charge is -2.22. The van der Waals surface area contributed by atoms with Gasteiger partial charge in [-0.25, -0.2) is 0 Å². The molecule has 0 aromatic carbocycles. The van der Waals surface area contributed by atoms with Crippen LogP contribution < -0.4 is 0 Å². The summed E-state index contributed by atoms with van der Waals surface area (Å²) in [5, 5.41) is 0. The van der Waals surface area contributed by atoms with Crippen molar-refractivity contribution in [1.29, 1.82) is 0 Å². The summed E-state index contributed by atoms with van der Waals surface area (Å²) in [4.78, 5) is 0. The molecule has 0 saturated heterocycles. The first-order chi connectivity index (χ1) is 6.92. The smallest absolute Gasteiger partial charge is 0.0371 e. The Labute approximate surface area is 98.5 Å². The van der Waals surface area contributed by atoms with Gasteiger partial charge in [0.25, 0.3) is 0 Å². The van der Waals surface area contributed by atoms with Gasteiger partial charge in [-0.15, -0.1) is 13.2 Å². The molecule has 92 valence electrons. The number of rotatable bonds is 3. The number of allylic oxidation sites excluding steroid dienone is 2. The molecule has 0 heteroatoms. The van der Waals surface area contributed by atoms with Crippen molar-refractivity contribution in [3.05, 3.63) is 25.3 Å². The molecule has 0 N–H and O–H groups in total. The van der Waals surface area contributed by atoms with Gasteiger partial charge < -0.3 is 0 Å². The topological polar surface area (TPSA) is 0 Å². The van der Waals surface area contributed by atoms with Crippen molar-refractivity contribution in [3.8, 4) is 0 Å². The molecule has 0 aliphatic rings. The van der Waals surface area contributed by atoms with Crippen LogP contribution in [0.2, 0.25) is 0 Å². The van der Waals surface area contributed by atoms with Crippen molar-refractivity contribution in [2.24, 2.45) is 17.8 Å². The Hall–Kier alpha value is -0.520. The van der Waals surface area contributed by atoms with Crippen molar-refractivity contribution >= 4 is 0 Å². The van der Waals surface area contributed by atoms with Gasteiger partial charge in [-0.2, -0.15) is 0 Å². The van der Waals surface area contributed by atoms with Gasteiger partial charge in [0.15, 0.2) is 0 Å². The van der Waals surface area contributed by atoms with Gasteiger partial charge in [0.2, 0.25) is 0 Å². The van der Waals surface area contributed by atoms with Crippen LogP contribution >= 0.6 is 0 Å². The maximum absolute atomic E-state index is 3.36. The van der Waals surface area contributed by atoms with Crippen molar-refractivity contribution in [3.63, 3.8) is 0 Å². The molecule has 0 radical (unpaired) electrons. The first-order valence-corrected chi connectivity index (χ1v) is 6.06. The molecular formula is C15H32. The van der Waals surface area contributed by atoms with Crippen LogP contribution in [0.5, 0.6) is 0 Å². The molecule has 0 unspecified atom stereocenters. The highest BCUT2D eigenvalue weighted by Crippen LogP contribution is 2.22. The molecule has 0 bridgehead atoms. The lowest BCUT2D eigenvalue weighted by molar-refractivity contribution is 0.279. The third-order valence-electron chi connectivity index (χ3n) is 2.18. The molecule has 0 heterocycles. The van der Waals surface area contributed by atoms with Gasteiger partial charge in [0.1, 0.15) is 0 Å². The highest BCUT2D eigenvalue weighted by Gasteiger charge is 2.13. The Bertz CT molecular complexity index is 106. The Morgan fingerprint density at radius 1 is 0.867 bits per heavy atom. The fourth-order valence-electron chi connectivity index (χ4n) is 1.71. The molecule has 0 aliphatic heterocycles. The average molecular weight is 212 g/mol. The minimum Gasteiger partial charge on any atom is -0.103 e. The zero-order valence-corrected chi connectivity index (χ0v) is 12.0. The molecule has 0 aromatic rings. The number of hydrogen-bond donors (Lipinski definition) is 0. The van der Waals surface area contributed by atoms with Crippen LogP contribution in [0.15, 0.2) is 25.3 Å². The molecular weight excluding hydrogens is 180 g/mol. The monoisotopic (exact) mass is 212 g/mol. The van der Waals surface area contributed by atoms with Crippen LogP contribution in [0.25, 0.3) is 0 Å². The summed E-state index contributed by atoms with van der Waals surface area (Å²) in [6, 6.07) is 0. The van der Waals surface area contributed by atoms with E-state index in [1.165, 1.54) is 6.42 Å². The van der Waals surface area contributed by atoms with Crippen LogP contribution in [-0.2, 0) is 0 Å². The van der Waals surface area contributed by atoms with E-state index in [0.29, 0.717) is 0 Å². The van der Waals surface area contributed by atoms with E-state index in [-0.39, 0.29) is 0 Å². The van der Waals surface area contributed by atoms with Crippen molar-refractivity contribution < 1.29 is 0 Å². The molecule has 0 atom stereocenters. The van der Waals surface area contributed by atoms with Gasteiger partial charge >= 0.3 is 0 Å². The predicted octanol–water partition coefficient (Wildman–Crippen LogP) is 5.71. The highest BCUT2D eigenvalue weighted by atomic mass is 14.2. The van der Waals surface area contributed by atoms with Gasteiger partial charge in [0.05, 0.1) is 0 Å². The average Bonchev–Trinajstić information content (AvgIpc) is 2.06. The second kappa shape index (κ2) is 15.9. The van der Waals surface area contributed by atoms with Crippen LogP contribution in [0.4, 0.5) is 0 Å². The van der Waals surface area contributed by atoms with E-state index in [2.05, 4.69) is 47.8 Å². The normalized spacial score (nSPS) is 8.93. The van der Waals surface area contributed by atoms with Crippen molar-refractivity contribution in [2.45, 2.75) is 54.9 Å². The Morgan fingerprint density at radius 3 is 1.07 bits per heavy atom. The van der Waals surface area contributed by atoms with E-state index in [0.717, 1.165) is 17.8 Å². The summed E-state index contributed by atoms with van der Waals surface area (Å²) < 4.78 is 0. The lowest BCUT2D eigenvalue weighted by atomic mass is 9.84. The number of hydrogen-bond acceptors (Lipinski definition) is 0. The maximum atomic E-state index is 3.36. The molecule has 0 aromatic heterocycles. The minimum atomic E-state index is 0.856. The molecule has 0 spiro atoms. The Kier molecular flexibility index (Phi) is 21.2.